The molecular weight excluding hydrogens is 363 g/mol. The summed E-state index contributed by atoms with van der Waals surface area (Å²) in [6.45, 7) is 5.78. The molecule has 5 heteroatoms. The lowest BCUT2D eigenvalue weighted by molar-refractivity contribution is 0.0858. The van der Waals surface area contributed by atoms with Crippen molar-refractivity contribution in [3.8, 4) is 5.75 Å². The predicted octanol–water partition coefficient (Wildman–Crippen LogP) is 4.67. The molecule has 2 fully saturated rings. The second-order valence-corrected chi connectivity index (χ2v) is 8.56. The number of hydrogen-bond donors (Lipinski definition) is 1. The summed E-state index contributed by atoms with van der Waals surface area (Å²) in [6, 6.07) is 12.6. The monoisotopic (exact) mass is 388 g/mol. The second-order valence-electron chi connectivity index (χ2n) is 8.15. The molecular formula is C22H26ClFN2O. The van der Waals surface area contributed by atoms with E-state index in [9.17, 15) is 9.50 Å². The molecule has 0 saturated carbocycles. The average Bonchev–Trinajstić information content (AvgIpc) is 3.02. The van der Waals surface area contributed by atoms with Crippen molar-refractivity contribution in [1.82, 2.24) is 9.80 Å². The van der Waals surface area contributed by atoms with E-state index in [0.717, 1.165) is 43.9 Å². The number of rotatable bonds is 4. The maximum absolute atomic E-state index is 14.0. The number of hydrogen-bond acceptors (Lipinski definition) is 3. The largest absolute Gasteiger partial charge is 0.506 e. The Morgan fingerprint density at radius 1 is 1.00 bits per heavy atom. The predicted molar refractivity (Wildman–Crippen MR) is 106 cm³/mol. The number of phenolic OH excluding ortho intramolecular Hbond substituents is 1. The lowest BCUT2D eigenvalue weighted by Crippen LogP contribution is -2.44. The standard InChI is InChI=1S/C22H26ClFN2O/c23-19-12-17(6-7-21(19)27)13-26-11-9-22(16-26)8-3-10-25(15-22)14-18-4-1-2-5-20(18)24/h1-2,4-7,12,27H,3,8-11,13-16H2. The summed E-state index contributed by atoms with van der Waals surface area (Å²) in [5, 5.41) is 10.0. The Morgan fingerprint density at radius 2 is 1.78 bits per heavy atom. The highest BCUT2D eigenvalue weighted by Gasteiger charge is 2.41. The topological polar surface area (TPSA) is 26.7 Å². The Balaban J connectivity index is 1.39. The summed E-state index contributed by atoms with van der Waals surface area (Å²) in [6.07, 6.45) is 3.60. The fraction of sp³-hybridized carbons (Fsp3) is 0.455. The van der Waals surface area contributed by atoms with E-state index in [4.69, 9.17) is 11.6 Å². The SMILES string of the molecule is Oc1ccc(CN2CCC3(CCCN(Cc4ccccc4F)C3)C2)cc1Cl. The number of likely N-dealkylation sites (tertiary alicyclic amines) is 2. The summed E-state index contributed by atoms with van der Waals surface area (Å²) in [5.74, 6) is 0.0313. The van der Waals surface area contributed by atoms with Crippen LogP contribution in [-0.2, 0) is 13.1 Å². The van der Waals surface area contributed by atoms with Gasteiger partial charge in [0.15, 0.2) is 0 Å². The Kier molecular flexibility index (Phi) is 5.40. The van der Waals surface area contributed by atoms with E-state index < -0.39 is 0 Å². The molecule has 3 nitrogen and oxygen atoms in total. The zero-order valence-electron chi connectivity index (χ0n) is 15.5. The summed E-state index contributed by atoms with van der Waals surface area (Å²) in [5.41, 5.74) is 2.24. The van der Waals surface area contributed by atoms with Crippen LogP contribution in [0.1, 0.15) is 30.4 Å². The van der Waals surface area contributed by atoms with Gasteiger partial charge in [0, 0.05) is 31.7 Å². The van der Waals surface area contributed by atoms with Crippen LogP contribution in [0.3, 0.4) is 0 Å². The van der Waals surface area contributed by atoms with Gasteiger partial charge < -0.3 is 5.11 Å². The maximum Gasteiger partial charge on any atom is 0.134 e. The van der Waals surface area contributed by atoms with E-state index in [1.807, 2.05) is 24.3 Å². The molecule has 2 aliphatic heterocycles. The van der Waals surface area contributed by atoms with Crippen LogP contribution >= 0.6 is 11.6 Å². The number of benzene rings is 2. The van der Waals surface area contributed by atoms with Crippen LogP contribution in [0.2, 0.25) is 5.02 Å². The quantitative estimate of drug-likeness (QED) is 0.824. The number of aromatic hydroxyl groups is 1. The second kappa shape index (κ2) is 7.78. The van der Waals surface area contributed by atoms with E-state index in [1.54, 1.807) is 18.2 Å². The lowest BCUT2D eigenvalue weighted by atomic mass is 9.79. The van der Waals surface area contributed by atoms with E-state index in [1.165, 1.54) is 19.3 Å². The van der Waals surface area contributed by atoms with Crippen molar-refractivity contribution in [1.29, 1.82) is 0 Å². The molecule has 0 bridgehead atoms. The third-order valence-electron chi connectivity index (χ3n) is 6.03. The molecule has 2 aliphatic rings. The number of phenols is 1. The van der Waals surface area contributed by atoms with E-state index in [2.05, 4.69) is 9.80 Å². The van der Waals surface area contributed by atoms with Crippen LogP contribution in [0.15, 0.2) is 42.5 Å². The van der Waals surface area contributed by atoms with Crippen LogP contribution in [0, 0.1) is 11.2 Å². The first-order valence-corrected chi connectivity index (χ1v) is 10.1. The molecule has 1 N–H and O–H groups in total. The number of nitrogens with zero attached hydrogens (tertiary/aromatic N) is 2. The smallest absolute Gasteiger partial charge is 0.134 e. The highest BCUT2D eigenvalue weighted by Crippen LogP contribution is 2.40. The van der Waals surface area contributed by atoms with Gasteiger partial charge in [0.1, 0.15) is 11.6 Å². The Labute approximate surface area is 165 Å². The molecule has 144 valence electrons. The molecule has 0 aromatic heterocycles. The van der Waals surface area contributed by atoms with E-state index in [0.29, 0.717) is 17.0 Å². The molecule has 1 atom stereocenters. The van der Waals surface area contributed by atoms with Gasteiger partial charge in [-0.3, -0.25) is 9.80 Å². The van der Waals surface area contributed by atoms with Crippen LogP contribution in [0.25, 0.3) is 0 Å². The minimum absolute atomic E-state index is 0.102. The molecule has 1 spiro atoms. The van der Waals surface area contributed by atoms with Crippen molar-refractivity contribution in [2.75, 3.05) is 26.2 Å². The molecule has 2 aromatic carbocycles. The third kappa shape index (κ3) is 4.29. The molecule has 1 unspecified atom stereocenters. The van der Waals surface area contributed by atoms with Crippen LogP contribution in [0.5, 0.6) is 5.75 Å². The van der Waals surface area contributed by atoms with Gasteiger partial charge in [-0.25, -0.2) is 4.39 Å². The van der Waals surface area contributed by atoms with E-state index in [-0.39, 0.29) is 11.6 Å². The van der Waals surface area contributed by atoms with Crippen molar-refractivity contribution in [2.45, 2.75) is 32.4 Å². The van der Waals surface area contributed by atoms with Gasteiger partial charge in [-0.1, -0.05) is 35.9 Å². The normalized spacial score (nSPS) is 23.9. The average molecular weight is 389 g/mol. The maximum atomic E-state index is 14.0. The molecule has 4 rings (SSSR count). The van der Waals surface area contributed by atoms with Crippen molar-refractivity contribution in [3.05, 3.63) is 64.4 Å². The van der Waals surface area contributed by atoms with Gasteiger partial charge in [-0.2, -0.15) is 0 Å². The van der Waals surface area contributed by atoms with Gasteiger partial charge in [0.05, 0.1) is 5.02 Å². The van der Waals surface area contributed by atoms with Crippen molar-refractivity contribution >= 4 is 11.6 Å². The molecule has 0 radical (unpaired) electrons. The summed E-state index contributed by atoms with van der Waals surface area (Å²) in [7, 11) is 0. The van der Waals surface area contributed by atoms with Crippen LogP contribution in [0.4, 0.5) is 4.39 Å². The Morgan fingerprint density at radius 3 is 2.56 bits per heavy atom. The van der Waals surface area contributed by atoms with Crippen LogP contribution < -0.4 is 0 Å². The van der Waals surface area contributed by atoms with Gasteiger partial charge in [0.25, 0.3) is 0 Å². The summed E-state index contributed by atoms with van der Waals surface area (Å²) >= 11 is 6.04. The number of piperidine rings is 1. The van der Waals surface area contributed by atoms with Crippen molar-refractivity contribution in [2.24, 2.45) is 5.41 Å². The first kappa shape index (κ1) is 18.7. The molecule has 2 aromatic rings. The van der Waals surface area contributed by atoms with Crippen molar-refractivity contribution < 1.29 is 9.50 Å². The molecule has 0 amide bonds. The Bertz CT molecular complexity index is 815. The van der Waals surface area contributed by atoms with Gasteiger partial charge in [-0.05, 0) is 61.5 Å². The van der Waals surface area contributed by atoms with Crippen LogP contribution in [-0.4, -0.2) is 41.1 Å². The van der Waals surface area contributed by atoms with Gasteiger partial charge >= 0.3 is 0 Å². The highest BCUT2D eigenvalue weighted by molar-refractivity contribution is 6.32. The third-order valence-corrected chi connectivity index (χ3v) is 6.33. The van der Waals surface area contributed by atoms with Gasteiger partial charge in [-0.15, -0.1) is 0 Å². The fourth-order valence-corrected chi connectivity index (χ4v) is 4.92. The molecule has 2 saturated heterocycles. The molecule has 2 heterocycles. The first-order chi connectivity index (χ1) is 13.0. The van der Waals surface area contributed by atoms with Gasteiger partial charge in [0.2, 0.25) is 0 Å². The number of halogens is 2. The highest BCUT2D eigenvalue weighted by atomic mass is 35.5. The molecule has 0 aliphatic carbocycles. The van der Waals surface area contributed by atoms with Crippen molar-refractivity contribution in [3.63, 3.8) is 0 Å². The minimum atomic E-state index is -0.102. The zero-order chi connectivity index (χ0) is 18.9. The van der Waals surface area contributed by atoms with E-state index >= 15 is 0 Å². The summed E-state index contributed by atoms with van der Waals surface area (Å²) < 4.78 is 14.0. The molecule has 27 heavy (non-hydrogen) atoms. The minimum Gasteiger partial charge on any atom is -0.506 e. The zero-order valence-corrected chi connectivity index (χ0v) is 16.3. The lowest BCUT2D eigenvalue weighted by Gasteiger charge is -2.40. The summed E-state index contributed by atoms with van der Waals surface area (Å²) in [4.78, 5) is 4.90. The fourth-order valence-electron chi connectivity index (χ4n) is 4.72. The first-order valence-electron chi connectivity index (χ1n) is 9.69. The Hall–Kier alpha value is -1.62.